The van der Waals surface area contributed by atoms with Crippen molar-refractivity contribution in [3.63, 3.8) is 0 Å². The summed E-state index contributed by atoms with van der Waals surface area (Å²) in [4.78, 5) is 10.4. The second kappa shape index (κ2) is 10.9. The fourth-order valence-corrected chi connectivity index (χ4v) is 1.01. The first-order valence-corrected chi connectivity index (χ1v) is 5.08. The van der Waals surface area contributed by atoms with Crippen molar-refractivity contribution >= 4 is 6.29 Å². The normalized spacial score (nSPS) is 7.87. The van der Waals surface area contributed by atoms with Gasteiger partial charge < -0.3 is 4.74 Å². The molecule has 0 aromatic heterocycles. The maximum atomic E-state index is 10.4. The van der Waals surface area contributed by atoms with Crippen molar-refractivity contribution in [2.75, 3.05) is 14.2 Å². The zero-order valence-corrected chi connectivity index (χ0v) is 10.6. The first-order chi connectivity index (χ1) is 7.17. The lowest BCUT2D eigenvalue weighted by Crippen LogP contribution is -1.89. The van der Waals surface area contributed by atoms with Crippen LogP contribution in [-0.4, -0.2) is 20.5 Å². The number of carbonyl (C=O) groups excluding carboxylic acids is 1. The number of methoxy groups -OCH3 is 1. The number of ether oxygens (including phenoxy) is 1. The van der Waals surface area contributed by atoms with E-state index in [1.807, 2.05) is 45.9 Å². The average molecular weight is 210 g/mol. The van der Waals surface area contributed by atoms with E-state index in [0.717, 1.165) is 23.0 Å². The quantitative estimate of drug-likeness (QED) is 0.664. The maximum absolute atomic E-state index is 10.4. The van der Waals surface area contributed by atoms with Gasteiger partial charge >= 0.3 is 0 Å². The molecule has 0 aliphatic carbocycles. The predicted molar refractivity (Wildman–Crippen MR) is 65.6 cm³/mol. The maximum Gasteiger partial charge on any atom is 0.150 e. The van der Waals surface area contributed by atoms with Crippen LogP contribution < -0.4 is 0 Å². The van der Waals surface area contributed by atoms with Gasteiger partial charge in [0.25, 0.3) is 0 Å². The molecule has 0 heterocycles. The van der Waals surface area contributed by atoms with Crippen LogP contribution in [0.25, 0.3) is 0 Å². The SMILES string of the molecule is CC.COC.Cc1cccc(C)c1C=O. The van der Waals surface area contributed by atoms with Crippen LogP contribution in [0.3, 0.4) is 0 Å². The Morgan fingerprint density at radius 3 is 1.60 bits per heavy atom. The number of carbonyl (C=O) groups is 1. The number of aryl methyl sites for hydroxylation is 2. The molecule has 0 spiro atoms. The summed E-state index contributed by atoms with van der Waals surface area (Å²) < 4.78 is 4.25. The summed E-state index contributed by atoms with van der Waals surface area (Å²) in [6, 6.07) is 5.84. The lowest BCUT2D eigenvalue weighted by atomic mass is 10.1. The standard InChI is InChI=1S/C9H10O.C2H6O.C2H6/c1-7-4-3-5-8(2)9(7)6-10;1-3-2;1-2/h3-6H,1-2H3;1-2H3;1-2H3. The molecule has 1 aromatic carbocycles. The number of benzene rings is 1. The van der Waals surface area contributed by atoms with Crippen LogP contribution >= 0.6 is 0 Å². The molecule has 0 amide bonds. The highest BCUT2D eigenvalue weighted by Gasteiger charge is 1.97. The van der Waals surface area contributed by atoms with Crippen molar-refractivity contribution in [1.29, 1.82) is 0 Å². The highest BCUT2D eigenvalue weighted by atomic mass is 16.4. The summed E-state index contributed by atoms with van der Waals surface area (Å²) in [7, 11) is 3.25. The van der Waals surface area contributed by atoms with Crippen molar-refractivity contribution in [3.05, 3.63) is 34.9 Å². The van der Waals surface area contributed by atoms with E-state index in [-0.39, 0.29) is 0 Å². The van der Waals surface area contributed by atoms with Crippen molar-refractivity contribution < 1.29 is 9.53 Å². The van der Waals surface area contributed by atoms with E-state index in [0.29, 0.717) is 0 Å². The first kappa shape index (κ1) is 16.3. The Bertz CT molecular complexity index is 247. The molecule has 2 nitrogen and oxygen atoms in total. The van der Waals surface area contributed by atoms with E-state index in [4.69, 9.17) is 0 Å². The molecule has 0 saturated carbocycles. The van der Waals surface area contributed by atoms with Crippen molar-refractivity contribution in [3.8, 4) is 0 Å². The lowest BCUT2D eigenvalue weighted by Gasteiger charge is -1.99. The third-order valence-corrected chi connectivity index (χ3v) is 1.66. The summed E-state index contributed by atoms with van der Waals surface area (Å²) in [6.07, 6.45) is 0.907. The number of aldehydes is 1. The summed E-state index contributed by atoms with van der Waals surface area (Å²) in [6.45, 7) is 7.88. The molecule has 0 unspecified atom stereocenters. The Labute approximate surface area is 93.3 Å². The Hall–Kier alpha value is -1.15. The third kappa shape index (κ3) is 6.86. The Morgan fingerprint density at radius 1 is 1.07 bits per heavy atom. The predicted octanol–water partition coefficient (Wildman–Crippen LogP) is 3.40. The van der Waals surface area contributed by atoms with Crippen molar-refractivity contribution in [1.82, 2.24) is 0 Å². The highest BCUT2D eigenvalue weighted by molar-refractivity contribution is 5.79. The second-order valence-corrected chi connectivity index (χ2v) is 2.83. The highest BCUT2D eigenvalue weighted by Crippen LogP contribution is 2.09. The fraction of sp³-hybridized carbons (Fsp3) is 0.462. The van der Waals surface area contributed by atoms with E-state index in [9.17, 15) is 4.79 Å². The van der Waals surface area contributed by atoms with E-state index in [1.54, 1.807) is 14.2 Å². The summed E-state index contributed by atoms with van der Waals surface area (Å²) in [5.41, 5.74) is 2.92. The smallest absolute Gasteiger partial charge is 0.150 e. The minimum Gasteiger partial charge on any atom is -0.388 e. The van der Waals surface area contributed by atoms with Crippen LogP contribution in [0, 0.1) is 13.8 Å². The number of rotatable bonds is 1. The minimum absolute atomic E-state index is 0.822. The van der Waals surface area contributed by atoms with Crippen molar-refractivity contribution in [2.45, 2.75) is 27.7 Å². The molecule has 0 fully saturated rings. The van der Waals surface area contributed by atoms with Gasteiger partial charge in [0.2, 0.25) is 0 Å². The van der Waals surface area contributed by atoms with E-state index in [2.05, 4.69) is 4.74 Å². The summed E-state index contributed by atoms with van der Waals surface area (Å²) in [5, 5.41) is 0. The van der Waals surface area contributed by atoms with Crippen LogP contribution in [-0.2, 0) is 4.74 Å². The molecular weight excluding hydrogens is 188 g/mol. The zero-order valence-electron chi connectivity index (χ0n) is 10.6. The molecule has 0 saturated heterocycles. The van der Waals surface area contributed by atoms with Gasteiger partial charge in [0, 0.05) is 19.8 Å². The van der Waals surface area contributed by atoms with Gasteiger partial charge in [-0.1, -0.05) is 32.0 Å². The molecule has 15 heavy (non-hydrogen) atoms. The molecule has 0 bridgehead atoms. The Morgan fingerprint density at radius 2 is 1.40 bits per heavy atom. The van der Waals surface area contributed by atoms with Gasteiger partial charge in [0.15, 0.2) is 6.29 Å². The number of hydrogen-bond acceptors (Lipinski definition) is 2. The van der Waals surface area contributed by atoms with Gasteiger partial charge in [0.1, 0.15) is 0 Å². The molecule has 0 radical (unpaired) electrons. The van der Waals surface area contributed by atoms with Gasteiger partial charge in [-0.05, 0) is 25.0 Å². The molecule has 0 aliphatic heterocycles. The first-order valence-electron chi connectivity index (χ1n) is 5.08. The molecule has 0 atom stereocenters. The van der Waals surface area contributed by atoms with E-state index >= 15 is 0 Å². The van der Waals surface area contributed by atoms with Gasteiger partial charge in [-0.2, -0.15) is 0 Å². The second-order valence-electron chi connectivity index (χ2n) is 2.83. The monoisotopic (exact) mass is 210 g/mol. The van der Waals surface area contributed by atoms with Crippen LogP contribution in [0.4, 0.5) is 0 Å². The van der Waals surface area contributed by atoms with Crippen molar-refractivity contribution in [2.24, 2.45) is 0 Å². The third-order valence-electron chi connectivity index (χ3n) is 1.66. The van der Waals surface area contributed by atoms with Crippen LogP contribution in [0.2, 0.25) is 0 Å². The zero-order chi connectivity index (χ0) is 12.3. The van der Waals surface area contributed by atoms with Gasteiger partial charge in [-0.25, -0.2) is 0 Å². The summed E-state index contributed by atoms with van der Waals surface area (Å²) in [5.74, 6) is 0. The van der Waals surface area contributed by atoms with Gasteiger partial charge in [-0.3, -0.25) is 4.79 Å². The molecule has 86 valence electrons. The molecule has 1 rings (SSSR count). The molecule has 0 aliphatic rings. The fourth-order valence-electron chi connectivity index (χ4n) is 1.01. The van der Waals surface area contributed by atoms with Crippen LogP contribution in [0.15, 0.2) is 18.2 Å². The van der Waals surface area contributed by atoms with Crippen LogP contribution in [0.5, 0.6) is 0 Å². The van der Waals surface area contributed by atoms with Gasteiger partial charge in [0.05, 0.1) is 0 Å². The largest absolute Gasteiger partial charge is 0.388 e. The molecule has 2 heteroatoms. The topological polar surface area (TPSA) is 26.3 Å². The van der Waals surface area contributed by atoms with Gasteiger partial charge in [-0.15, -0.1) is 0 Å². The molecule has 0 N–H and O–H groups in total. The average Bonchev–Trinajstić information content (AvgIpc) is 2.22. The van der Waals surface area contributed by atoms with Crippen LogP contribution in [0.1, 0.15) is 35.3 Å². The number of hydrogen-bond donors (Lipinski definition) is 0. The molecular formula is C13H22O2. The Kier molecular flexibility index (Phi) is 11.9. The van der Waals surface area contributed by atoms with E-state index in [1.165, 1.54) is 0 Å². The minimum atomic E-state index is 0.822. The summed E-state index contributed by atoms with van der Waals surface area (Å²) >= 11 is 0. The molecule has 1 aromatic rings. The lowest BCUT2D eigenvalue weighted by molar-refractivity contribution is 0.112. The Balaban J connectivity index is 0. The van der Waals surface area contributed by atoms with E-state index < -0.39 is 0 Å².